The summed E-state index contributed by atoms with van der Waals surface area (Å²) in [6, 6.07) is 3.81. The summed E-state index contributed by atoms with van der Waals surface area (Å²) in [5.74, 6) is 0. The van der Waals surface area contributed by atoms with Gasteiger partial charge in [0.15, 0.2) is 5.65 Å². The summed E-state index contributed by atoms with van der Waals surface area (Å²) in [7, 11) is 0. The molecule has 0 saturated carbocycles. The first-order valence-electron chi connectivity index (χ1n) is 4.05. The zero-order chi connectivity index (χ0) is 9.26. The van der Waals surface area contributed by atoms with Crippen LogP contribution < -0.4 is 5.73 Å². The van der Waals surface area contributed by atoms with E-state index in [1.807, 2.05) is 19.1 Å². The van der Waals surface area contributed by atoms with Crippen molar-refractivity contribution in [2.24, 2.45) is 5.73 Å². The van der Waals surface area contributed by atoms with Gasteiger partial charge in [-0.15, -0.1) is 9.73 Å². The zero-order valence-electron chi connectivity index (χ0n) is 7.25. The number of rotatable bonds is 2. The lowest BCUT2D eigenvalue weighted by molar-refractivity contribution is 0.666. The van der Waals surface area contributed by atoms with Crippen molar-refractivity contribution in [3.05, 3.63) is 17.8 Å². The molecule has 0 spiro atoms. The molecule has 13 heavy (non-hydrogen) atoms. The van der Waals surface area contributed by atoms with Crippen LogP contribution in [0.25, 0.3) is 5.65 Å². The van der Waals surface area contributed by atoms with Crippen LogP contribution in [0.3, 0.4) is 0 Å². The molecule has 2 heterocycles. The van der Waals surface area contributed by atoms with Gasteiger partial charge in [0.05, 0.1) is 5.69 Å². The average Bonchev–Trinajstić information content (AvgIpc) is 2.49. The molecule has 2 aromatic heterocycles. The molecule has 0 aliphatic heterocycles. The number of nitrogens with zero attached hydrogens (tertiary/aromatic N) is 5. The van der Waals surface area contributed by atoms with Gasteiger partial charge in [0.1, 0.15) is 0 Å². The lowest BCUT2D eigenvalue weighted by Crippen LogP contribution is -2.19. The quantitative estimate of drug-likeness (QED) is 0.664. The summed E-state index contributed by atoms with van der Waals surface area (Å²) in [5.41, 5.74) is 7.19. The second kappa shape index (κ2) is 3.06. The molecule has 0 saturated heterocycles. The summed E-state index contributed by atoms with van der Waals surface area (Å²) in [5, 5.41) is 15.1. The molecule has 0 radical (unpaired) electrons. The van der Waals surface area contributed by atoms with E-state index >= 15 is 0 Å². The Morgan fingerprint density at radius 2 is 2.38 bits per heavy atom. The molecule has 0 aromatic carbocycles. The lowest BCUT2D eigenvalue weighted by atomic mass is 10.2. The van der Waals surface area contributed by atoms with Gasteiger partial charge < -0.3 is 5.73 Å². The van der Waals surface area contributed by atoms with Crippen molar-refractivity contribution in [1.82, 2.24) is 25.3 Å². The smallest absolute Gasteiger partial charge is 0.199 e. The van der Waals surface area contributed by atoms with Crippen molar-refractivity contribution in [2.75, 3.05) is 0 Å². The molecular weight excluding hydrogens is 168 g/mol. The zero-order valence-corrected chi connectivity index (χ0v) is 7.25. The molecule has 0 fully saturated rings. The Bertz CT molecular complexity index is 406. The first kappa shape index (κ1) is 8.06. The number of tetrazole rings is 1. The molecule has 68 valence electrons. The SMILES string of the molecule is CC(N)Cc1ccc2nnnn2n1. The third-order valence-electron chi connectivity index (χ3n) is 1.66. The van der Waals surface area contributed by atoms with Gasteiger partial charge in [0.25, 0.3) is 0 Å². The fourth-order valence-corrected chi connectivity index (χ4v) is 1.13. The number of nitrogens with two attached hydrogens (primary N) is 1. The molecule has 2 aromatic rings. The van der Waals surface area contributed by atoms with Crippen molar-refractivity contribution in [3.63, 3.8) is 0 Å². The Hall–Kier alpha value is -1.56. The number of hydrogen-bond acceptors (Lipinski definition) is 5. The fourth-order valence-electron chi connectivity index (χ4n) is 1.13. The third kappa shape index (κ3) is 1.62. The molecule has 6 nitrogen and oxygen atoms in total. The Morgan fingerprint density at radius 3 is 3.15 bits per heavy atom. The highest BCUT2D eigenvalue weighted by Gasteiger charge is 2.02. The minimum Gasteiger partial charge on any atom is -0.328 e. The molecule has 2 rings (SSSR count). The van der Waals surface area contributed by atoms with Gasteiger partial charge >= 0.3 is 0 Å². The van der Waals surface area contributed by atoms with Crippen LogP contribution in [0.4, 0.5) is 0 Å². The van der Waals surface area contributed by atoms with E-state index in [1.54, 1.807) is 0 Å². The minimum atomic E-state index is 0.0985. The van der Waals surface area contributed by atoms with Crippen LogP contribution in [0, 0.1) is 0 Å². The van der Waals surface area contributed by atoms with Crippen LogP contribution in [0.5, 0.6) is 0 Å². The lowest BCUT2D eigenvalue weighted by Gasteiger charge is -2.02. The summed E-state index contributed by atoms with van der Waals surface area (Å²) in [6.07, 6.45) is 0.732. The van der Waals surface area contributed by atoms with E-state index in [9.17, 15) is 0 Å². The van der Waals surface area contributed by atoms with Gasteiger partial charge in [-0.3, -0.25) is 0 Å². The number of hydrogen-bond donors (Lipinski definition) is 1. The largest absolute Gasteiger partial charge is 0.328 e. The second-order valence-corrected chi connectivity index (χ2v) is 3.03. The molecule has 0 bridgehead atoms. The number of aromatic nitrogens is 5. The van der Waals surface area contributed by atoms with E-state index < -0.39 is 0 Å². The summed E-state index contributed by atoms with van der Waals surface area (Å²) < 4.78 is 1.40. The average molecular weight is 178 g/mol. The molecule has 0 aliphatic rings. The molecule has 1 unspecified atom stereocenters. The predicted molar refractivity (Wildman–Crippen MR) is 45.9 cm³/mol. The summed E-state index contributed by atoms with van der Waals surface area (Å²) in [6.45, 7) is 1.94. The van der Waals surface area contributed by atoms with E-state index in [2.05, 4.69) is 20.6 Å². The second-order valence-electron chi connectivity index (χ2n) is 3.03. The monoisotopic (exact) mass is 178 g/mol. The topological polar surface area (TPSA) is 82.0 Å². The fraction of sp³-hybridized carbons (Fsp3) is 0.429. The van der Waals surface area contributed by atoms with E-state index in [0.717, 1.165) is 12.1 Å². The van der Waals surface area contributed by atoms with Crippen LogP contribution in [0.15, 0.2) is 12.1 Å². The Labute approximate surface area is 74.7 Å². The summed E-state index contributed by atoms with van der Waals surface area (Å²) in [4.78, 5) is 0. The highest BCUT2D eigenvalue weighted by atomic mass is 15.6. The van der Waals surface area contributed by atoms with E-state index in [4.69, 9.17) is 5.73 Å². The Kier molecular flexibility index (Phi) is 1.90. The first-order valence-corrected chi connectivity index (χ1v) is 4.05. The van der Waals surface area contributed by atoms with Crippen LogP contribution in [0.2, 0.25) is 0 Å². The predicted octanol–water partition coefficient (Wildman–Crippen LogP) is -0.591. The normalized spacial score (nSPS) is 13.4. The highest BCUT2D eigenvalue weighted by molar-refractivity contribution is 5.32. The maximum Gasteiger partial charge on any atom is 0.199 e. The van der Waals surface area contributed by atoms with Crippen molar-refractivity contribution in [2.45, 2.75) is 19.4 Å². The Morgan fingerprint density at radius 1 is 1.54 bits per heavy atom. The van der Waals surface area contributed by atoms with E-state index in [-0.39, 0.29) is 6.04 Å². The van der Waals surface area contributed by atoms with Crippen LogP contribution >= 0.6 is 0 Å². The van der Waals surface area contributed by atoms with Gasteiger partial charge in [-0.1, -0.05) is 0 Å². The molecular formula is C7H10N6. The van der Waals surface area contributed by atoms with Crippen molar-refractivity contribution in [3.8, 4) is 0 Å². The van der Waals surface area contributed by atoms with Gasteiger partial charge in [0, 0.05) is 12.5 Å². The third-order valence-corrected chi connectivity index (χ3v) is 1.66. The maximum absolute atomic E-state index is 5.64. The molecule has 0 aliphatic carbocycles. The summed E-state index contributed by atoms with van der Waals surface area (Å²) >= 11 is 0. The van der Waals surface area contributed by atoms with Gasteiger partial charge in [-0.25, -0.2) is 0 Å². The van der Waals surface area contributed by atoms with Gasteiger partial charge in [-0.05, 0) is 29.5 Å². The molecule has 6 heteroatoms. The molecule has 0 amide bonds. The maximum atomic E-state index is 5.64. The van der Waals surface area contributed by atoms with Crippen molar-refractivity contribution < 1.29 is 0 Å². The standard InChI is InChI=1S/C7H10N6/c1-5(8)4-6-2-3-7-9-11-12-13(7)10-6/h2-3,5H,4,8H2,1H3. The Balaban J connectivity index is 2.37. The number of fused-ring (bicyclic) bond motifs is 1. The van der Waals surface area contributed by atoms with Gasteiger partial charge in [-0.2, -0.15) is 5.10 Å². The van der Waals surface area contributed by atoms with Crippen LogP contribution in [-0.4, -0.2) is 31.3 Å². The molecule has 1 atom stereocenters. The van der Waals surface area contributed by atoms with Crippen LogP contribution in [-0.2, 0) is 6.42 Å². The van der Waals surface area contributed by atoms with Gasteiger partial charge in [0.2, 0.25) is 0 Å². The minimum absolute atomic E-state index is 0.0985. The first-order chi connectivity index (χ1) is 6.25. The van der Waals surface area contributed by atoms with E-state index in [1.165, 1.54) is 4.63 Å². The van der Waals surface area contributed by atoms with Crippen LogP contribution in [0.1, 0.15) is 12.6 Å². The van der Waals surface area contributed by atoms with Crippen molar-refractivity contribution in [1.29, 1.82) is 0 Å². The van der Waals surface area contributed by atoms with Crippen molar-refractivity contribution >= 4 is 5.65 Å². The molecule has 2 N–H and O–H groups in total. The highest BCUT2D eigenvalue weighted by Crippen LogP contribution is 1.99. The van der Waals surface area contributed by atoms with E-state index in [0.29, 0.717) is 5.65 Å².